The maximum Gasteiger partial charge on any atom is 0.266 e. The van der Waals surface area contributed by atoms with Crippen LogP contribution in [0.1, 0.15) is 37.4 Å². The monoisotopic (exact) mass is 357 g/mol. The van der Waals surface area contributed by atoms with E-state index in [1.165, 1.54) is 11.3 Å². The lowest BCUT2D eigenvalue weighted by molar-refractivity contribution is 0.0277. The third kappa shape index (κ3) is 2.19. The largest absolute Gasteiger partial charge is 0.491 e. The van der Waals surface area contributed by atoms with Crippen LogP contribution in [0.2, 0.25) is 0 Å². The molecule has 0 amide bonds. The molecule has 0 aromatic carbocycles. The second kappa shape index (κ2) is 5.19. The van der Waals surface area contributed by atoms with Crippen LogP contribution in [-0.4, -0.2) is 26.9 Å². The number of pyridine rings is 1. The molecular formula is C18H19N3O3S. The summed E-state index contributed by atoms with van der Waals surface area (Å²) >= 11 is 1.43. The number of thiophene rings is 1. The quantitative estimate of drug-likeness (QED) is 0.672. The lowest BCUT2D eigenvalue weighted by Crippen LogP contribution is -2.30. The fraction of sp³-hybridized carbons (Fsp3) is 0.444. The number of aryl methyl sites for hydroxylation is 1. The number of H-pyrrole nitrogens is 2. The first-order valence-electron chi connectivity index (χ1n) is 8.64. The summed E-state index contributed by atoms with van der Waals surface area (Å²) in [6.07, 6.45) is 7.20. The van der Waals surface area contributed by atoms with Gasteiger partial charge in [-0.05, 0) is 44.1 Å². The van der Waals surface area contributed by atoms with Crippen molar-refractivity contribution in [2.24, 2.45) is 5.92 Å². The normalized spacial score (nSPS) is 19.4. The van der Waals surface area contributed by atoms with E-state index in [9.17, 15) is 9.90 Å². The number of aromatic amines is 2. The molecule has 3 aromatic rings. The molecule has 3 N–H and O–H groups in total. The number of rotatable bonds is 3. The van der Waals surface area contributed by atoms with Gasteiger partial charge in [0.2, 0.25) is 0 Å². The highest BCUT2D eigenvalue weighted by atomic mass is 32.1. The third-order valence-electron chi connectivity index (χ3n) is 5.37. The van der Waals surface area contributed by atoms with Crippen LogP contribution in [-0.2, 0) is 12.0 Å². The smallest absolute Gasteiger partial charge is 0.266 e. The minimum absolute atomic E-state index is 0.152. The van der Waals surface area contributed by atoms with E-state index in [1.807, 2.05) is 13.1 Å². The van der Waals surface area contributed by atoms with Gasteiger partial charge < -0.3 is 14.8 Å². The minimum Gasteiger partial charge on any atom is -0.491 e. The van der Waals surface area contributed by atoms with Crippen LogP contribution in [0.4, 0.5) is 0 Å². The summed E-state index contributed by atoms with van der Waals surface area (Å²) in [7, 11) is 0. The van der Waals surface area contributed by atoms with E-state index in [4.69, 9.17) is 4.74 Å². The van der Waals surface area contributed by atoms with Crippen LogP contribution in [0.3, 0.4) is 0 Å². The van der Waals surface area contributed by atoms with E-state index >= 15 is 0 Å². The number of aliphatic hydroxyl groups is 1. The Morgan fingerprint density at radius 1 is 1.44 bits per heavy atom. The van der Waals surface area contributed by atoms with E-state index in [2.05, 4.69) is 15.2 Å². The van der Waals surface area contributed by atoms with Crippen LogP contribution >= 0.6 is 11.3 Å². The third-order valence-corrected chi connectivity index (χ3v) is 6.59. The molecule has 1 fully saturated rings. The molecule has 1 aliphatic carbocycles. The summed E-state index contributed by atoms with van der Waals surface area (Å²) in [5.74, 6) is 0.976. The Hall–Kier alpha value is -2.12. The molecule has 25 heavy (non-hydrogen) atoms. The second-order valence-electron chi connectivity index (χ2n) is 7.13. The van der Waals surface area contributed by atoms with Crippen molar-refractivity contribution in [2.75, 3.05) is 6.61 Å². The van der Waals surface area contributed by atoms with Gasteiger partial charge in [-0.2, -0.15) is 5.10 Å². The Morgan fingerprint density at radius 2 is 2.28 bits per heavy atom. The van der Waals surface area contributed by atoms with Crippen molar-refractivity contribution in [1.29, 1.82) is 0 Å². The first-order valence-corrected chi connectivity index (χ1v) is 9.45. The molecule has 7 heteroatoms. The van der Waals surface area contributed by atoms with E-state index < -0.39 is 5.60 Å². The molecule has 3 aromatic heterocycles. The van der Waals surface area contributed by atoms with Gasteiger partial charge in [0.25, 0.3) is 5.56 Å². The Balaban J connectivity index is 1.85. The zero-order valence-corrected chi connectivity index (χ0v) is 14.7. The molecule has 1 saturated carbocycles. The van der Waals surface area contributed by atoms with Crippen molar-refractivity contribution >= 4 is 21.4 Å². The minimum atomic E-state index is -0.998. The molecule has 0 saturated heterocycles. The summed E-state index contributed by atoms with van der Waals surface area (Å²) in [6, 6.07) is 0. The van der Waals surface area contributed by atoms with Gasteiger partial charge in [-0.25, -0.2) is 0 Å². The molecule has 0 spiro atoms. The van der Waals surface area contributed by atoms with Crippen molar-refractivity contribution in [3.8, 4) is 16.2 Å². The molecule has 0 radical (unpaired) electrons. The Morgan fingerprint density at radius 3 is 3.00 bits per heavy atom. The zero-order chi connectivity index (χ0) is 17.2. The molecule has 0 bridgehead atoms. The van der Waals surface area contributed by atoms with E-state index in [-0.39, 0.29) is 11.5 Å². The van der Waals surface area contributed by atoms with Crippen molar-refractivity contribution in [1.82, 2.24) is 15.2 Å². The van der Waals surface area contributed by atoms with Gasteiger partial charge in [0.15, 0.2) is 0 Å². The fourth-order valence-electron chi connectivity index (χ4n) is 3.88. The van der Waals surface area contributed by atoms with Gasteiger partial charge in [-0.3, -0.25) is 9.89 Å². The SMILES string of the molecule is C[C@](O)(c1[nH]c(=O)c2sc(-c3cn[nH]c3)c3c2c1CCCO3)C1CC1. The van der Waals surface area contributed by atoms with Crippen LogP contribution in [0, 0.1) is 5.92 Å². The lowest BCUT2D eigenvalue weighted by atomic mass is 9.89. The second-order valence-corrected chi connectivity index (χ2v) is 8.15. The Labute approximate surface area is 147 Å². The van der Waals surface area contributed by atoms with Gasteiger partial charge in [0.05, 0.1) is 23.4 Å². The molecule has 4 heterocycles. The zero-order valence-electron chi connectivity index (χ0n) is 13.9. The van der Waals surface area contributed by atoms with E-state index in [0.717, 1.165) is 52.8 Å². The molecular weight excluding hydrogens is 338 g/mol. The van der Waals surface area contributed by atoms with Crippen molar-refractivity contribution in [2.45, 2.75) is 38.2 Å². The predicted octanol–water partition coefficient (Wildman–Crippen LogP) is 2.92. The molecule has 2 aliphatic rings. The number of nitrogens with one attached hydrogen (secondary N) is 2. The lowest BCUT2D eigenvalue weighted by Gasteiger charge is -2.26. The average molecular weight is 357 g/mol. The maximum absolute atomic E-state index is 12.8. The predicted molar refractivity (Wildman–Crippen MR) is 96.1 cm³/mol. The van der Waals surface area contributed by atoms with Crippen LogP contribution in [0.15, 0.2) is 17.2 Å². The fourth-order valence-corrected chi connectivity index (χ4v) is 5.03. The summed E-state index contributed by atoms with van der Waals surface area (Å²) in [5.41, 5.74) is 1.48. The van der Waals surface area contributed by atoms with Gasteiger partial charge >= 0.3 is 0 Å². The molecule has 130 valence electrons. The standard InChI is InChI=1S/C18H19N3O3S/c1-18(23,10-4-5-10)16-11-3-2-6-24-13-12(11)15(17(22)21-16)25-14(13)9-7-19-20-8-9/h7-8,10,23H,2-6H2,1H3,(H,19,20)(H,21,22)/t18-/m1/s1. The van der Waals surface area contributed by atoms with Gasteiger partial charge in [-0.15, -0.1) is 11.3 Å². The molecule has 5 rings (SSSR count). The number of aromatic nitrogens is 3. The van der Waals surface area contributed by atoms with Crippen molar-refractivity contribution < 1.29 is 9.84 Å². The summed E-state index contributed by atoms with van der Waals surface area (Å²) in [4.78, 5) is 16.7. The number of hydrogen-bond donors (Lipinski definition) is 3. The summed E-state index contributed by atoms with van der Waals surface area (Å²) in [5, 5.41) is 18.8. The Bertz CT molecular complexity index is 1010. The van der Waals surface area contributed by atoms with Crippen molar-refractivity contribution in [3.63, 3.8) is 0 Å². The highest BCUT2D eigenvalue weighted by Crippen LogP contribution is 2.50. The maximum atomic E-state index is 12.8. The summed E-state index contributed by atoms with van der Waals surface area (Å²) < 4.78 is 6.71. The van der Waals surface area contributed by atoms with Gasteiger partial charge in [0, 0.05) is 17.1 Å². The summed E-state index contributed by atoms with van der Waals surface area (Å²) in [6.45, 7) is 2.43. The van der Waals surface area contributed by atoms with E-state index in [1.54, 1.807) is 6.20 Å². The molecule has 1 atom stereocenters. The number of hydrogen-bond acceptors (Lipinski definition) is 5. The highest BCUT2D eigenvalue weighted by Gasteiger charge is 2.44. The Kier molecular flexibility index (Phi) is 3.15. The first-order chi connectivity index (χ1) is 12.1. The van der Waals surface area contributed by atoms with Crippen LogP contribution < -0.4 is 10.3 Å². The van der Waals surface area contributed by atoms with E-state index in [0.29, 0.717) is 17.0 Å². The van der Waals surface area contributed by atoms with Gasteiger partial charge in [0.1, 0.15) is 16.1 Å². The highest BCUT2D eigenvalue weighted by molar-refractivity contribution is 7.22. The molecule has 1 aliphatic heterocycles. The van der Waals surface area contributed by atoms with Crippen molar-refractivity contribution in [3.05, 3.63) is 34.0 Å². The first kappa shape index (κ1) is 15.2. The van der Waals surface area contributed by atoms with Gasteiger partial charge in [-0.1, -0.05) is 0 Å². The average Bonchev–Trinajstić information content (AvgIpc) is 3.25. The van der Waals surface area contributed by atoms with Crippen LogP contribution in [0.25, 0.3) is 20.5 Å². The molecule has 0 unspecified atom stereocenters. The van der Waals surface area contributed by atoms with Crippen LogP contribution in [0.5, 0.6) is 5.75 Å². The number of nitrogens with zero attached hydrogens (tertiary/aromatic N) is 1. The topological polar surface area (TPSA) is 91.0 Å². The molecule has 6 nitrogen and oxygen atoms in total. The number of ether oxygens (including phenoxy) is 1.